The first-order valence-corrected chi connectivity index (χ1v) is 13.8. The lowest BCUT2D eigenvalue weighted by Gasteiger charge is -2.30. The molecule has 0 fully saturated rings. The predicted octanol–water partition coefficient (Wildman–Crippen LogP) is 3.49. The number of sulfonamides is 1. The van der Waals surface area contributed by atoms with Crippen molar-refractivity contribution in [2.45, 2.75) is 53.1 Å². The van der Waals surface area contributed by atoms with Crippen LogP contribution in [-0.2, 0) is 26.2 Å². The molecule has 35 heavy (non-hydrogen) atoms. The molecule has 0 aliphatic rings. The molecule has 1 atom stereocenters. The fourth-order valence-electron chi connectivity index (χ4n) is 3.80. The smallest absolute Gasteiger partial charge is 0.242 e. The van der Waals surface area contributed by atoms with Crippen LogP contribution in [0.15, 0.2) is 48.5 Å². The number of para-hydroxylation sites is 2. The van der Waals surface area contributed by atoms with Crippen LogP contribution in [0.4, 0.5) is 5.69 Å². The molecule has 2 aromatic carbocycles. The second-order valence-corrected chi connectivity index (χ2v) is 10.3. The highest BCUT2D eigenvalue weighted by Gasteiger charge is 2.27. The van der Waals surface area contributed by atoms with E-state index in [0.717, 1.165) is 17.4 Å². The molecule has 2 aromatic rings. The third-order valence-electron chi connectivity index (χ3n) is 5.71. The van der Waals surface area contributed by atoms with E-state index in [1.54, 1.807) is 36.1 Å². The molecular formula is C26H37N3O5S. The number of carbonyl (C=O) groups is 2. The van der Waals surface area contributed by atoms with Gasteiger partial charge >= 0.3 is 0 Å². The number of carbonyl (C=O) groups excluding carboxylic acids is 2. The minimum absolute atomic E-state index is 0.0957. The summed E-state index contributed by atoms with van der Waals surface area (Å²) in [6, 6.07) is 14.0. The number of amides is 2. The molecule has 0 bridgehead atoms. The maximum atomic E-state index is 13.3. The van der Waals surface area contributed by atoms with Gasteiger partial charge in [0, 0.05) is 26.1 Å². The van der Waals surface area contributed by atoms with E-state index in [1.807, 2.05) is 45.0 Å². The van der Waals surface area contributed by atoms with Gasteiger partial charge in [-0.1, -0.05) is 36.4 Å². The van der Waals surface area contributed by atoms with Gasteiger partial charge in [0.25, 0.3) is 0 Å². The lowest BCUT2D eigenvalue weighted by atomic mass is 10.1. The highest BCUT2D eigenvalue weighted by Crippen LogP contribution is 2.30. The Labute approximate surface area is 209 Å². The van der Waals surface area contributed by atoms with Gasteiger partial charge in [0.15, 0.2) is 0 Å². The molecule has 0 heterocycles. The summed E-state index contributed by atoms with van der Waals surface area (Å²) in [5, 5.41) is 2.78. The Morgan fingerprint density at radius 3 is 2.34 bits per heavy atom. The lowest BCUT2D eigenvalue weighted by Crippen LogP contribution is -2.47. The van der Waals surface area contributed by atoms with Crippen molar-refractivity contribution in [2.24, 2.45) is 0 Å². The third-order valence-corrected chi connectivity index (χ3v) is 6.89. The van der Waals surface area contributed by atoms with E-state index in [-0.39, 0.29) is 24.8 Å². The van der Waals surface area contributed by atoms with Crippen molar-refractivity contribution in [1.29, 1.82) is 0 Å². The quantitative estimate of drug-likeness (QED) is 0.451. The van der Waals surface area contributed by atoms with Crippen LogP contribution in [0.3, 0.4) is 0 Å². The summed E-state index contributed by atoms with van der Waals surface area (Å²) < 4.78 is 32.0. The molecular weight excluding hydrogens is 466 g/mol. The molecule has 0 saturated heterocycles. The van der Waals surface area contributed by atoms with Gasteiger partial charge in [-0.3, -0.25) is 13.9 Å². The van der Waals surface area contributed by atoms with E-state index in [2.05, 4.69) is 5.32 Å². The van der Waals surface area contributed by atoms with Gasteiger partial charge in [0.1, 0.15) is 11.8 Å². The molecule has 0 aliphatic heterocycles. The summed E-state index contributed by atoms with van der Waals surface area (Å²) in [6.45, 7) is 8.62. The highest BCUT2D eigenvalue weighted by molar-refractivity contribution is 7.92. The number of ether oxygens (including phenoxy) is 1. The van der Waals surface area contributed by atoms with Gasteiger partial charge in [0.2, 0.25) is 21.8 Å². The molecule has 0 unspecified atom stereocenters. The van der Waals surface area contributed by atoms with E-state index in [9.17, 15) is 18.0 Å². The van der Waals surface area contributed by atoms with Crippen molar-refractivity contribution in [3.8, 4) is 5.75 Å². The highest BCUT2D eigenvalue weighted by atomic mass is 32.2. The first-order chi connectivity index (χ1) is 16.6. The fourth-order valence-corrected chi connectivity index (χ4v) is 4.77. The molecule has 2 rings (SSSR count). The average molecular weight is 504 g/mol. The zero-order valence-electron chi connectivity index (χ0n) is 21.3. The molecule has 1 N–H and O–H groups in total. The molecule has 0 saturated carbocycles. The van der Waals surface area contributed by atoms with E-state index in [0.29, 0.717) is 37.6 Å². The maximum Gasteiger partial charge on any atom is 0.242 e. The second kappa shape index (κ2) is 13.1. The Morgan fingerprint density at radius 2 is 1.71 bits per heavy atom. The van der Waals surface area contributed by atoms with Crippen molar-refractivity contribution in [3.63, 3.8) is 0 Å². The Bertz CT molecular complexity index is 1100. The van der Waals surface area contributed by atoms with Crippen LogP contribution in [0.5, 0.6) is 5.75 Å². The number of aryl methyl sites for hydroxylation is 1. The summed E-state index contributed by atoms with van der Waals surface area (Å²) in [6.07, 6.45) is 1.52. The largest absolute Gasteiger partial charge is 0.492 e. The Morgan fingerprint density at radius 1 is 1.06 bits per heavy atom. The first kappa shape index (κ1) is 28.2. The fraction of sp³-hybridized carbons (Fsp3) is 0.462. The van der Waals surface area contributed by atoms with E-state index < -0.39 is 16.1 Å². The van der Waals surface area contributed by atoms with Crippen LogP contribution in [0.1, 0.15) is 44.7 Å². The number of hydrogen-bond donors (Lipinski definition) is 1. The summed E-state index contributed by atoms with van der Waals surface area (Å²) in [5.41, 5.74) is 2.43. The van der Waals surface area contributed by atoms with Crippen molar-refractivity contribution in [2.75, 3.05) is 30.3 Å². The number of hydrogen-bond acceptors (Lipinski definition) is 5. The number of nitrogens with zero attached hydrogens (tertiary/aromatic N) is 2. The minimum atomic E-state index is -3.60. The zero-order chi connectivity index (χ0) is 26.0. The van der Waals surface area contributed by atoms with Crippen molar-refractivity contribution >= 4 is 27.5 Å². The second-order valence-electron chi connectivity index (χ2n) is 8.36. The molecule has 0 radical (unpaired) electrons. The molecule has 8 nitrogen and oxygen atoms in total. The van der Waals surface area contributed by atoms with Crippen LogP contribution in [-0.4, -0.2) is 57.1 Å². The summed E-state index contributed by atoms with van der Waals surface area (Å²) in [7, 11) is -3.60. The average Bonchev–Trinajstić information content (AvgIpc) is 2.81. The Kier molecular flexibility index (Phi) is 10.6. The third kappa shape index (κ3) is 7.99. The lowest BCUT2D eigenvalue weighted by molar-refractivity contribution is -0.140. The van der Waals surface area contributed by atoms with Crippen LogP contribution in [0.2, 0.25) is 0 Å². The van der Waals surface area contributed by atoms with Crippen molar-refractivity contribution in [1.82, 2.24) is 10.2 Å². The molecule has 2 amide bonds. The van der Waals surface area contributed by atoms with Crippen LogP contribution < -0.4 is 14.4 Å². The molecule has 0 aliphatic carbocycles. The topological polar surface area (TPSA) is 96.0 Å². The maximum absolute atomic E-state index is 13.3. The van der Waals surface area contributed by atoms with Crippen LogP contribution >= 0.6 is 0 Å². The minimum Gasteiger partial charge on any atom is -0.492 e. The molecule has 9 heteroatoms. The Hall–Kier alpha value is -3.07. The summed E-state index contributed by atoms with van der Waals surface area (Å²) in [5.74, 6) is 0.0363. The first-order valence-electron chi connectivity index (χ1n) is 11.9. The monoisotopic (exact) mass is 503 g/mol. The van der Waals surface area contributed by atoms with E-state index in [1.165, 1.54) is 4.31 Å². The SMILES string of the molecule is CCNC(=O)[C@@H](C)N(Cc1ccccc1C)C(=O)CCCN(c1ccccc1OCC)S(C)(=O)=O. The van der Waals surface area contributed by atoms with Gasteiger partial charge < -0.3 is 15.0 Å². The number of likely N-dealkylation sites (N-methyl/N-ethyl adjacent to an activating group) is 1. The van der Waals surface area contributed by atoms with Crippen LogP contribution in [0, 0.1) is 6.92 Å². The van der Waals surface area contributed by atoms with Crippen molar-refractivity contribution < 1.29 is 22.7 Å². The number of rotatable bonds is 13. The van der Waals surface area contributed by atoms with E-state index in [4.69, 9.17) is 4.74 Å². The number of anilines is 1. The predicted molar refractivity (Wildman–Crippen MR) is 139 cm³/mol. The molecule has 0 aromatic heterocycles. The van der Waals surface area contributed by atoms with Crippen molar-refractivity contribution in [3.05, 3.63) is 59.7 Å². The Balaban J connectivity index is 2.20. The zero-order valence-corrected chi connectivity index (χ0v) is 22.1. The van der Waals surface area contributed by atoms with Crippen LogP contribution in [0.25, 0.3) is 0 Å². The normalized spacial score (nSPS) is 12.0. The summed E-state index contributed by atoms with van der Waals surface area (Å²) in [4.78, 5) is 27.4. The van der Waals surface area contributed by atoms with Gasteiger partial charge in [-0.2, -0.15) is 0 Å². The van der Waals surface area contributed by atoms with Gasteiger partial charge in [-0.15, -0.1) is 0 Å². The standard InChI is InChI=1S/C26H37N3O5S/c1-6-27-26(31)21(4)28(19-22-14-9-8-13-20(22)3)25(30)17-12-18-29(35(5,32)33)23-15-10-11-16-24(23)34-7-2/h8-11,13-16,21H,6-7,12,17-19H2,1-5H3,(H,27,31)/t21-/m1/s1. The van der Waals surface area contributed by atoms with Gasteiger partial charge in [0.05, 0.1) is 18.6 Å². The van der Waals surface area contributed by atoms with Gasteiger partial charge in [-0.05, 0) is 57.4 Å². The number of benzene rings is 2. The van der Waals surface area contributed by atoms with Gasteiger partial charge in [-0.25, -0.2) is 8.42 Å². The summed E-state index contributed by atoms with van der Waals surface area (Å²) >= 11 is 0. The number of nitrogens with one attached hydrogen (secondary N) is 1. The van der Waals surface area contributed by atoms with E-state index >= 15 is 0 Å². The molecule has 192 valence electrons. The molecule has 0 spiro atoms.